The first kappa shape index (κ1) is 13.5. The molecule has 0 aliphatic carbocycles. The van der Waals surface area contributed by atoms with E-state index in [2.05, 4.69) is 5.32 Å². The van der Waals surface area contributed by atoms with Gasteiger partial charge in [-0.1, -0.05) is 6.07 Å². The van der Waals surface area contributed by atoms with Crippen molar-refractivity contribution >= 4 is 9.84 Å². The van der Waals surface area contributed by atoms with Crippen LogP contribution in [0.25, 0.3) is 0 Å². The zero-order valence-electron chi connectivity index (χ0n) is 10.6. The van der Waals surface area contributed by atoms with E-state index in [1.807, 2.05) is 14.0 Å². The van der Waals surface area contributed by atoms with Gasteiger partial charge in [0, 0.05) is 6.04 Å². The lowest BCUT2D eigenvalue weighted by molar-refractivity contribution is 0.416. The fourth-order valence-corrected chi connectivity index (χ4v) is 4.56. The number of nitrogens with one attached hydrogen (secondary N) is 1. The summed E-state index contributed by atoms with van der Waals surface area (Å²) in [6.07, 6.45) is 0.671. The normalized spacial score (nSPS) is 24.1. The third-order valence-electron chi connectivity index (χ3n) is 3.62. The Kier molecular flexibility index (Phi) is 3.73. The van der Waals surface area contributed by atoms with Gasteiger partial charge in [0.2, 0.25) is 0 Å². The minimum atomic E-state index is -2.89. The SMILES string of the molecule is CNC(c1ccc(F)cc1C)C1CCS(=O)(=O)C1. The highest BCUT2D eigenvalue weighted by molar-refractivity contribution is 7.91. The molecule has 0 aromatic heterocycles. The summed E-state index contributed by atoms with van der Waals surface area (Å²) in [7, 11) is -1.08. The molecule has 18 heavy (non-hydrogen) atoms. The Morgan fingerprint density at radius 1 is 1.44 bits per heavy atom. The number of halogens is 1. The largest absolute Gasteiger partial charge is 0.313 e. The van der Waals surface area contributed by atoms with Crippen LogP contribution in [0.4, 0.5) is 4.39 Å². The van der Waals surface area contributed by atoms with E-state index in [1.54, 1.807) is 6.07 Å². The number of hydrogen-bond acceptors (Lipinski definition) is 3. The van der Waals surface area contributed by atoms with Gasteiger partial charge >= 0.3 is 0 Å². The van der Waals surface area contributed by atoms with Crippen molar-refractivity contribution in [3.05, 3.63) is 35.1 Å². The smallest absolute Gasteiger partial charge is 0.150 e. The van der Waals surface area contributed by atoms with Gasteiger partial charge in [0.05, 0.1) is 11.5 Å². The molecule has 1 aromatic rings. The summed E-state index contributed by atoms with van der Waals surface area (Å²) in [6.45, 7) is 1.85. The standard InChI is InChI=1S/C13H18FNO2S/c1-9-7-11(14)3-4-12(9)13(15-2)10-5-6-18(16,17)8-10/h3-4,7,10,13,15H,5-6,8H2,1-2H3. The highest BCUT2D eigenvalue weighted by atomic mass is 32.2. The van der Waals surface area contributed by atoms with Gasteiger partial charge in [-0.3, -0.25) is 0 Å². The van der Waals surface area contributed by atoms with Crippen LogP contribution in [0.1, 0.15) is 23.6 Å². The van der Waals surface area contributed by atoms with Gasteiger partial charge in [-0.25, -0.2) is 12.8 Å². The molecule has 0 amide bonds. The molecule has 1 fully saturated rings. The molecule has 3 nitrogen and oxygen atoms in total. The van der Waals surface area contributed by atoms with Crippen LogP contribution in [0.15, 0.2) is 18.2 Å². The third-order valence-corrected chi connectivity index (χ3v) is 5.41. The zero-order chi connectivity index (χ0) is 13.3. The molecule has 1 aliphatic heterocycles. The molecule has 1 aliphatic rings. The second kappa shape index (κ2) is 4.97. The van der Waals surface area contributed by atoms with E-state index in [0.29, 0.717) is 6.42 Å². The first-order valence-electron chi connectivity index (χ1n) is 6.06. The molecule has 2 unspecified atom stereocenters. The minimum absolute atomic E-state index is 0.0251. The van der Waals surface area contributed by atoms with Gasteiger partial charge < -0.3 is 5.32 Å². The summed E-state index contributed by atoms with van der Waals surface area (Å²) in [5, 5.41) is 3.17. The number of hydrogen-bond donors (Lipinski definition) is 1. The maximum Gasteiger partial charge on any atom is 0.150 e. The van der Waals surface area contributed by atoms with E-state index >= 15 is 0 Å². The van der Waals surface area contributed by atoms with Crippen LogP contribution < -0.4 is 5.32 Å². The van der Waals surface area contributed by atoms with E-state index in [4.69, 9.17) is 0 Å². The summed E-state index contributed by atoms with van der Waals surface area (Å²) in [5.74, 6) is 0.292. The molecular weight excluding hydrogens is 253 g/mol. The van der Waals surface area contributed by atoms with Crippen molar-refractivity contribution < 1.29 is 12.8 Å². The van der Waals surface area contributed by atoms with Crippen molar-refractivity contribution in [1.82, 2.24) is 5.32 Å². The Balaban J connectivity index is 2.29. The van der Waals surface area contributed by atoms with Crippen molar-refractivity contribution in [2.24, 2.45) is 5.92 Å². The second-order valence-electron chi connectivity index (χ2n) is 4.93. The van der Waals surface area contributed by atoms with Crippen molar-refractivity contribution in [3.63, 3.8) is 0 Å². The molecule has 0 bridgehead atoms. The summed E-state index contributed by atoms with van der Waals surface area (Å²) < 4.78 is 36.2. The number of sulfone groups is 1. The van der Waals surface area contributed by atoms with Crippen LogP contribution in [0.2, 0.25) is 0 Å². The molecule has 0 radical (unpaired) electrons. The van der Waals surface area contributed by atoms with Crippen molar-refractivity contribution in [1.29, 1.82) is 0 Å². The van der Waals surface area contributed by atoms with Gasteiger partial charge in [-0.05, 0) is 49.6 Å². The number of rotatable bonds is 3. The monoisotopic (exact) mass is 271 g/mol. The van der Waals surface area contributed by atoms with Crippen LogP contribution in [0, 0.1) is 18.7 Å². The molecule has 2 rings (SSSR count). The Bertz CT molecular complexity index is 542. The molecule has 0 spiro atoms. The maximum absolute atomic E-state index is 13.1. The third kappa shape index (κ3) is 2.72. The first-order chi connectivity index (χ1) is 8.43. The van der Waals surface area contributed by atoms with Crippen molar-refractivity contribution in [3.8, 4) is 0 Å². The van der Waals surface area contributed by atoms with Crippen LogP contribution in [-0.2, 0) is 9.84 Å². The van der Waals surface area contributed by atoms with Gasteiger partial charge in [0.1, 0.15) is 5.82 Å². The highest BCUT2D eigenvalue weighted by Crippen LogP contribution is 2.32. The molecule has 1 heterocycles. The first-order valence-corrected chi connectivity index (χ1v) is 7.89. The quantitative estimate of drug-likeness (QED) is 0.912. The summed E-state index contributed by atoms with van der Waals surface area (Å²) in [4.78, 5) is 0. The fraction of sp³-hybridized carbons (Fsp3) is 0.538. The van der Waals surface area contributed by atoms with Gasteiger partial charge in [-0.2, -0.15) is 0 Å². The minimum Gasteiger partial charge on any atom is -0.313 e. The predicted molar refractivity (Wildman–Crippen MR) is 69.7 cm³/mol. The molecule has 0 saturated carbocycles. The average Bonchev–Trinajstić information content (AvgIpc) is 2.63. The lowest BCUT2D eigenvalue weighted by atomic mass is 9.90. The average molecular weight is 271 g/mol. The van der Waals surface area contributed by atoms with Crippen molar-refractivity contribution in [2.45, 2.75) is 19.4 Å². The lowest BCUT2D eigenvalue weighted by Gasteiger charge is -2.24. The van der Waals surface area contributed by atoms with Gasteiger partial charge in [-0.15, -0.1) is 0 Å². The topological polar surface area (TPSA) is 46.2 Å². The number of benzene rings is 1. The van der Waals surface area contributed by atoms with E-state index in [1.165, 1.54) is 12.1 Å². The Morgan fingerprint density at radius 3 is 2.67 bits per heavy atom. The zero-order valence-corrected chi connectivity index (χ0v) is 11.4. The van der Waals surface area contributed by atoms with Crippen LogP contribution in [0.3, 0.4) is 0 Å². The van der Waals surface area contributed by atoms with E-state index < -0.39 is 9.84 Å². The summed E-state index contributed by atoms with van der Waals surface area (Å²) >= 11 is 0. The predicted octanol–water partition coefficient (Wildman–Crippen LogP) is 1.83. The Morgan fingerprint density at radius 2 is 2.17 bits per heavy atom. The number of aryl methyl sites for hydroxylation is 1. The molecule has 2 atom stereocenters. The van der Waals surface area contributed by atoms with Gasteiger partial charge in [0.15, 0.2) is 9.84 Å². The molecular formula is C13H18FNO2S. The summed E-state index contributed by atoms with van der Waals surface area (Å²) in [6, 6.07) is 4.64. The second-order valence-corrected chi connectivity index (χ2v) is 7.16. The molecule has 5 heteroatoms. The van der Waals surface area contributed by atoms with Crippen LogP contribution >= 0.6 is 0 Å². The Labute approximate surface area is 107 Å². The van der Waals surface area contributed by atoms with E-state index in [0.717, 1.165) is 11.1 Å². The van der Waals surface area contributed by atoms with E-state index in [9.17, 15) is 12.8 Å². The van der Waals surface area contributed by atoms with Crippen LogP contribution in [-0.4, -0.2) is 27.0 Å². The highest BCUT2D eigenvalue weighted by Gasteiger charge is 2.34. The maximum atomic E-state index is 13.1. The molecule has 1 N–H and O–H groups in total. The fourth-order valence-electron chi connectivity index (χ4n) is 2.72. The Hall–Kier alpha value is -0.940. The molecule has 100 valence electrons. The lowest BCUT2D eigenvalue weighted by Crippen LogP contribution is -2.26. The van der Waals surface area contributed by atoms with Gasteiger partial charge in [0.25, 0.3) is 0 Å². The molecule has 1 aromatic carbocycles. The van der Waals surface area contributed by atoms with Crippen LogP contribution in [0.5, 0.6) is 0 Å². The molecule has 1 saturated heterocycles. The summed E-state index contributed by atoms with van der Waals surface area (Å²) in [5.41, 5.74) is 1.85. The van der Waals surface area contributed by atoms with Crippen molar-refractivity contribution in [2.75, 3.05) is 18.6 Å². The van der Waals surface area contributed by atoms with E-state index in [-0.39, 0.29) is 29.3 Å².